The third-order valence-corrected chi connectivity index (χ3v) is 1.46. The van der Waals surface area contributed by atoms with Crippen molar-refractivity contribution in [2.75, 3.05) is 0 Å². The lowest BCUT2D eigenvalue weighted by Gasteiger charge is -2.22. The molecule has 0 aromatic carbocycles. The van der Waals surface area contributed by atoms with Gasteiger partial charge in [-0.3, -0.25) is 4.79 Å². The lowest BCUT2D eigenvalue weighted by molar-refractivity contribution is -0.124. The maximum Gasteiger partial charge on any atom is 0.248 e. The van der Waals surface area contributed by atoms with Crippen LogP contribution in [0.4, 0.5) is 0 Å². The summed E-state index contributed by atoms with van der Waals surface area (Å²) in [5, 5.41) is 11.8. The Morgan fingerprint density at radius 3 is 2.45 bits per heavy atom. The standard InChI is InChI=1S/C8H15NO2/c1-5-8(4,11)9-7(10)6(2)3/h11H,2,5H2,1,3-4H3,(H,9,10). The van der Waals surface area contributed by atoms with E-state index in [1.807, 2.05) is 0 Å². The van der Waals surface area contributed by atoms with Crippen molar-refractivity contribution in [1.29, 1.82) is 0 Å². The van der Waals surface area contributed by atoms with Gasteiger partial charge in [-0.25, -0.2) is 0 Å². The third kappa shape index (κ3) is 3.78. The molecule has 0 saturated carbocycles. The minimum Gasteiger partial charge on any atom is -0.371 e. The third-order valence-electron chi connectivity index (χ3n) is 1.46. The van der Waals surface area contributed by atoms with Gasteiger partial charge in [0.1, 0.15) is 5.72 Å². The van der Waals surface area contributed by atoms with Crippen LogP contribution in [0.25, 0.3) is 0 Å². The van der Waals surface area contributed by atoms with Gasteiger partial charge in [-0.2, -0.15) is 0 Å². The Kier molecular flexibility index (Phi) is 3.26. The first kappa shape index (κ1) is 10.2. The predicted molar refractivity (Wildman–Crippen MR) is 43.9 cm³/mol. The van der Waals surface area contributed by atoms with Crippen LogP contribution >= 0.6 is 0 Å². The largest absolute Gasteiger partial charge is 0.371 e. The first-order valence-electron chi connectivity index (χ1n) is 3.59. The molecule has 0 aliphatic carbocycles. The Hall–Kier alpha value is -0.830. The molecule has 1 atom stereocenters. The van der Waals surface area contributed by atoms with Crippen LogP contribution < -0.4 is 5.32 Å². The molecule has 0 rings (SSSR count). The van der Waals surface area contributed by atoms with Gasteiger partial charge in [0, 0.05) is 5.57 Å². The van der Waals surface area contributed by atoms with Crippen molar-refractivity contribution in [3.05, 3.63) is 12.2 Å². The molecule has 0 aliphatic heterocycles. The molecule has 0 aliphatic rings. The molecule has 2 N–H and O–H groups in total. The second-order valence-electron chi connectivity index (χ2n) is 2.86. The van der Waals surface area contributed by atoms with Crippen LogP contribution in [0, 0.1) is 0 Å². The van der Waals surface area contributed by atoms with E-state index in [0.717, 1.165) is 0 Å². The van der Waals surface area contributed by atoms with E-state index in [9.17, 15) is 9.90 Å². The first-order valence-corrected chi connectivity index (χ1v) is 3.59. The van der Waals surface area contributed by atoms with Gasteiger partial charge in [-0.1, -0.05) is 13.5 Å². The second-order valence-corrected chi connectivity index (χ2v) is 2.86. The first-order chi connectivity index (χ1) is 4.89. The van der Waals surface area contributed by atoms with E-state index < -0.39 is 5.72 Å². The quantitative estimate of drug-likeness (QED) is 0.470. The van der Waals surface area contributed by atoms with Crippen molar-refractivity contribution in [2.24, 2.45) is 0 Å². The molecule has 11 heavy (non-hydrogen) atoms. The highest BCUT2D eigenvalue weighted by molar-refractivity contribution is 5.92. The fourth-order valence-corrected chi connectivity index (χ4v) is 0.440. The van der Waals surface area contributed by atoms with Gasteiger partial charge in [-0.05, 0) is 20.3 Å². The summed E-state index contributed by atoms with van der Waals surface area (Å²) >= 11 is 0. The summed E-state index contributed by atoms with van der Waals surface area (Å²) in [6, 6.07) is 0. The van der Waals surface area contributed by atoms with Crippen molar-refractivity contribution >= 4 is 5.91 Å². The molecule has 3 nitrogen and oxygen atoms in total. The molecule has 3 heteroatoms. The van der Waals surface area contributed by atoms with Gasteiger partial charge < -0.3 is 10.4 Å². The topological polar surface area (TPSA) is 49.3 Å². The molecule has 0 spiro atoms. The Bertz CT molecular complexity index is 173. The Morgan fingerprint density at radius 1 is 1.73 bits per heavy atom. The summed E-state index contributed by atoms with van der Waals surface area (Å²) in [6.45, 7) is 8.39. The summed E-state index contributed by atoms with van der Waals surface area (Å²) < 4.78 is 0. The molecule has 0 bridgehead atoms. The fraction of sp³-hybridized carbons (Fsp3) is 0.625. The van der Waals surface area contributed by atoms with Crippen LogP contribution in [-0.2, 0) is 4.79 Å². The predicted octanol–water partition coefficient (Wildman–Crippen LogP) is 0.797. The number of carbonyl (C=O) groups excluding carboxylic acids is 1. The highest BCUT2D eigenvalue weighted by Gasteiger charge is 2.19. The van der Waals surface area contributed by atoms with Gasteiger partial charge in [0.25, 0.3) is 0 Å². The number of amides is 1. The van der Waals surface area contributed by atoms with E-state index in [1.54, 1.807) is 20.8 Å². The highest BCUT2D eigenvalue weighted by Crippen LogP contribution is 2.03. The van der Waals surface area contributed by atoms with Crippen LogP contribution in [0.1, 0.15) is 27.2 Å². The molecule has 1 amide bonds. The molecular formula is C8H15NO2. The zero-order valence-electron chi connectivity index (χ0n) is 7.27. The monoisotopic (exact) mass is 157 g/mol. The van der Waals surface area contributed by atoms with Crippen molar-refractivity contribution in [3.8, 4) is 0 Å². The van der Waals surface area contributed by atoms with E-state index in [-0.39, 0.29) is 5.91 Å². The number of aliphatic hydroxyl groups is 1. The molecule has 1 unspecified atom stereocenters. The molecule has 0 aromatic heterocycles. The van der Waals surface area contributed by atoms with Gasteiger partial charge in [0.05, 0.1) is 0 Å². The SMILES string of the molecule is C=C(C)C(=O)NC(C)(O)CC. The Labute approximate surface area is 67.1 Å². The van der Waals surface area contributed by atoms with Crippen LogP contribution in [0.5, 0.6) is 0 Å². The number of hydrogen-bond acceptors (Lipinski definition) is 2. The maximum atomic E-state index is 10.9. The van der Waals surface area contributed by atoms with E-state index in [4.69, 9.17) is 0 Å². The van der Waals surface area contributed by atoms with Gasteiger partial charge in [-0.15, -0.1) is 0 Å². The molecule has 64 valence electrons. The zero-order valence-corrected chi connectivity index (χ0v) is 7.27. The number of rotatable bonds is 3. The van der Waals surface area contributed by atoms with Crippen LogP contribution in [0.3, 0.4) is 0 Å². The van der Waals surface area contributed by atoms with Gasteiger partial charge in [0.15, 0.2) is 0 Å². The lowest BCUT2D eigenvalue weighted by atomic mass is 10.2. The summed E-state index contributed by atoms with van der Waals surface area (Å²) in [5.41, 5.74) is -0.713. The van der Waals surface area contributed by atoms with Crippen molar-refractivity contribution in [3.63, 3.8) is 0 Å². The minimum absolute atomic E-state index is 0.308. The number of hydrogen-bond donors (Lipinski definition) is 2. The van der Waals surface area contributed by atoms with E-state index in [1.165, 1.54) is 0 Å². The molecule has 0 saturated heterocycles. The highest BCUT2D eigenvalue weighted by atomic mass is 16.3. The fourth-order valence-electron chi connectivity index (χ4n) is 0.440. The molecule has 0 fully saturated rings. The van der Waals surface area contributed by atoms with Crippen molar-refractivity contribution < 1.29 is 9.90 Å². The Balaban J connectivity index is 4.04. The average Bonchev–Trinajstić information content (AvgIpc) is 1.87. The van der Waals surface area contributed by atoms with Crippen LogP contribution in [0.2, 0.25) is 0 Å². The van der Waals surface area contributed by atoms with Crippen LogP contribution in [0.15, 0.2) is 12.2 Å². The molecule has 0 aromatic rings. The van der Waals surface area contributed by atoms with Crippen LogP contribution in [-0.4, -0.2) is 16.7 Å². The average molecular weight is 157 g/mol. The minimum atomic E-state index is -1.12. The smallest absolute Gasteiger partial charge is 0.248 e. The van der Waals surface area contributed by atoms with E-state index in [2.05, 4.69) is 11.9 Å². The summed E-state index contributed by atoms with van der Waals surface area (Å²) in [7, 11) is 0. The molecule has 0 heterocycles. The lowest BCUT2D eigenvalue weighted by Crippen LogP contribution is -2.45. The zero-order chi connectivity index (χ0) is 9.07. The second kappa shape index (κ2) is 3.53. The summed E-state index contributed by atoms with van der Waals surface area (Å²) in [6.07, 6.45) is 0.478. The summed E-state index contributed by atoms with van der Waals surface area (Å²) in [5.74, 6) is -0.308. The van der Waals surface area contributed by atoms with E-state index >= 15 is 0 Å². The van der Waals surface area contributed by atoms with Crippen molar-refractivity contribution in [1.82, 2.24) is 5.32 Å². The van der Waals surface area contributed by atoms with Gasteiger partial charge >= 0.3 is 0 Å². The number of carbonyl (C=O) groups is 1. The molecule has 0 radical (unpaired) electrons. The van der Waals surface area contributed by atoms with Crippen molar-refractivity contribution in [2.45, 2.75) is 32.9 Å². The van der Waals surface area contributed by atoms with E-state index in [0.29, 0.717) is 12.0 Å². The number of nitrogens with one attached hydrogen (secondary N) is 1. The Morgan fingerprint density at radius 2 is 2.18 bits per heavy atom. The van der Waals surface area contributed by atoms with Gasteiger partial charge in [0.2, 0.25) is 5.91 Å². The normalized spacial score (nSPS) is 15.3. The summed E-state index contributed by atoms with van der Waals surface area (Å²) in [4.78, 5) is 10.9. The molecular weight excluding hydrogens is 142 g/mol. The maximum absolute atomic E-state index is 10.9.